The van der Waals surface area contributed by atoms with Gasteiger partial charge in [-0.15, -0.1) is 0 Å². The number of carboxylic acids is 1. The molecule has 1 N–H and O–H groups in total. The predicted octanol–water partition coefficient (Wildman–Crippen LogP) is 2.08. The Bertz CT molecular complexity index is 550. The fraction of sp³-hybridized carbons (Fsp3) is 0.429. The lowest BCUT2D eigenvalue weighted by atomic mass is 9.99. The highest BCUT2D eigenvalue weighted by Crippen LogP contribution is 2.28. The smallest absolute Gasteiger partial charge is 0.387 e. The van der Waals surface area contributed by atoms with E-state index in [2.05, 4.69) is 4.74 Å². The molecular formula is C14H15F2NO4. The van der Waals surface area contributed by atoms with Gasteiger partial charge in [-0.25, -0.2) is 0 Å². The number of aliphatic carboxylic acids is 1. The van der Waals surface area contributed by atoms with Crippen molar-refractivity contribution in [2.45, 2.75) is 13.5 Å². The van der Waals surface area contributed by atoms with Crippen LogP contribution in [0.4, 0.5) is 8.78 Å². The summed E-state index contributed by atoms with van der Waals surface area (Å²) in [5, 5.41) is 9.07. The van der Waals surface area contributed by atoms with Gasteiger partial charge in [0.1, 0.15) is 5.75 Å². The second kappa shape index (κ2) is 6.07. The van der Waals surface area contributed by atoms with Gasteiger partial charge in [0.25, 0.3) is 5.91 Å². The number of para-hydroxylation sites is 1. The first-order chi connectivity index (χ1) is 9.90. The number of alkyl halides is 2. The standard InChI is InChI=1S/C14H15F2NO4/c1-8-6-17(7-10(8)13(19)20)12(18)9-4-2-3-5-11(9)21-14(15)16/h2-5,8,10,14H,6-7H2,1H3,(H,19,20)/t8-,10-/m1/s1. The highest BCUT2D eigenvalue weighted by Gasteiger charge is 2.37. The van der Waals surface area contributed by atoms with E-state index in [9.17, 15) is 18.4 Å². The van der Waals surface area contributed by atoms with Crippen molar-refractivity contribution in [3.05, 3.63) is 29.8 Å². The van der Waals surface area contributed by atoms with Gasteiger partial charge in [-0.3, -0.25) is 9.59 Å². The fourth-order valence-corrected chi connectivity index (χ4v) is 2.47. The van der Waals surface area contributed by atoms with Crippen LogP contribution in [0.2, 0.25) is 0 Å². The van der Waals surface area contributed by atoms with Crippen LogP contribution in [0.5, 0.6) is 5.75 Å². The Morgan fingerprint density at radius 3 is 2.57 bits per heavy atom. The van der Waals surface area contributed by atoms with E-state index in [1.54, 1.807) is 13.0 Å². The number of hydrogen-bond donors (Lipinski definition) is 1. The number of ether oxygens (including phenoxy) is 1. The van der Waals surface area contributed by atoms with Crippen LogP contribution in [0.15, 0.2) is 24.3 Å². The molecule has 1 aliphatic heterocycles. The van der Waals surface area contributed by atoms with E-state index in [1.807, 2.05) is 0 Å². The van der Waals surface area contributed by atoms with Crippen molar-refractivity contribution in [2.75, 3.05) is 13.1 Å². The molecule has 0 radical (unpaired) electrons. The third-order valence-electron chi connectivity index (χ3n) is 3.55. The summed E-state index contributed by atoms with van der Waals surface area (Å²) in [7, 11) is 0. The van der Waals surface area contributed by atoms with Crippen molar-refractivity contribution in [1.29, 1.82) is 0 Å². The summed E-state index contributed by atoms with van der Waals surface area (Å²) in [6, 6.07) is 5.70. The molecule has 1 amide bonds. The van der Waals surface area contributed by atoms with Crippen LogP contribution in [-0.4, -0.2) is 41.6 Å². The summed E-state index contributed by atoms with van der Waals surface area (Å²) in [6.45, 7) is -0.937. The number of nitrogens with zero attached hydrogens (tertiary/aromatic N) is 1. The first-order valence-corrected chi connectivity index (χ1v) is 6.46. The molecule has 5 nitrogen and oxygen atoms in total. The third-order valence-corrected chi connectivity index (χ3v) is 3.55. The lowest BCUT2D eigenvalue weighted by Gasteiger charge is -2.18. The second-order valence-corrected chi connectivity index (χ2v) is 5.01. The van der Waals surface area contributed by atoms with E-state index >= 15 is 0 Å². The van der Waals surface area contributed by atoms with Gasteiger partial charge in [-0.1, -0.05) is 19.1 Å². The van der Waals surface area contributed by atoms with Crippen molar-refractivity contribution >= 4 is 11.9 Å². The zero-order valence-electron chi connectivity index (χ0n) is 11.3. The SMILES string of the molecule is C[C@@H]1CN(C(=O)c2ccccc2OC(F)F)C[C@H]1C(=O)O. The molecule has 1 aliphatic rings. The van der Waals surface area contributed by atoms with Crippen LogP contribution in [0.25, 0.3) is 0 Å². The molecule has 0 aromatic heterocycles. The van der Waals surface area contributed by atoms with E-state index in [0.29, 0.717) is 0 Å². The minimum atomic E-state index is -3.02. The maximum absolute atomic E-state index is 12.4. The lowest BCUT2D eigenvalue weighted by molar-refractivity contribution is -0.142. The van der Waals surface area contributed by atoms with Gasteiger partial charge < -0.3 is 14.7 Å². The molecule has 1 aromatic carbocycles. The summed E-state index contributed by atoms with van der Waals surface area (Å²) in [6.07, 6.45) is 0. The van der Waals surface area contributed by atoms with Crippen LogP contribution in [0.3, 0.4) is 0 Å². The van der Waals surface area contributed by atoms with Crippen LogP contribution >= 0.6 is 0 Å². The Hall–Kier alpha value is -2.18. The maximum atomic E-state index is 12.4. The fourth-order valence-electron chi connectivity index (χ4n) is 2.47. The molecule has 0 saturated carbocycles. The van der Waals surface area contributed by atoms with E-state index in [1.165, 1.54) is 23.1 Å². The number of rotatable bonds is 4. The molecular weight excluding hydrogens is 284 g/mol. The second-order valence-electron chi connectivity index (χ2n) is 5.01. The number of carbonyl (C=O) groups is 2. The first-order valence-electron chi connectivity index (χ1n) is 6.46. The quantitative estimate of drug-likeness (QED) is 0.924. The number of likely N-dealkylation sites (tertiary alicyclic amines) is 1. The van der Waals surface area contributed by atoms with Crippen molar-refractivity contribution in [3.8, 4) is 5.75 Å². The molecule has 114 valence electrons. The third kappa shape index (κ3) is 3.29. The van der Waals surface area contributed by atoms with E-state index < -0.39 is 24.4 Å². The molecule has 0 aliphatic carbocycles. The summed E-state index contributed by atoms with van der Waals surface area (Å²) >= 11 is 0. The summed E-state index contributed by atoms with van der Waals surface area (Å²) < 4.78 is 29.0. The Morgan fingerprint density at radius 1 is 1.33 bits per heavy atom. The molecule has 0 unspecified atom stereocenters. The van der Waals surface area contributed by atoms with Crippen LogP contribution in [0, 0.1) is 11.8 Å². The maximum Gasteiger partial charge on any atom is 0.387 e. The molecule has 1 aromatic rings. The topological polar surface area (TPSA) is 66.8 Å². The van der Waals surface area contributed by atoms with Gasteiger partial charge in [0.05, 0.1) is 11.5 Å². The van der Waals surface area contributed by atoms with E-state index in [-0.39, 0.29) is 30.3 Å². The Morgan fingerprint density at radius 2 is 2.00 bits per heavy atom. The molecule has 1 heterocycles. The number of halogens is 2. The van der Waals surface area contributed by atoms with Crippen LogP contribution < -0.4 is 4.74 Å². The molecule has 2 rings (SSSR count). The first kappa shape index (κ1) is 15.2. The number of carboxylic acid groups (broad SMARTS) is 1. The highest BCUT2D eigenvalue weighted by molar-refractivity contribution is 5.97. The molecule has 0 spiro atoms. The van der Waals surface area contributed by atoms with Crippen LogP contribution in [-0.2, 0) is 4.79 Å². The van der Waals surface area contributed by atoms with Crippen molar-refractivity contribution < 1.29 is 28.2 Å². The lowest BCUT2D eigenvalue weighted by Crippen LogP contribution is -2.30. The normalized spacial score (nSPS) is 21.6. The Kier molecular flexibility index (Phi) is 4.40. The van der Waals surface area contributed by atoms with Crippen molar-refractivity contribution in [2.24, 2.45) is 11.8 Å². The summed E-state index contributed by atoms with van der Waals surface area (Å²) in [5.41, 5.74) is 0.0102. The number of carbonyl (C=O) groups excluding carboxylic acids is 1. The molecule has 1 fully saturated rings. The van der Waals surface area contributed by atoms with Crippen molar-refractivity contribution in [3.63, 3.8) is 0 Å². The zero-order chi connectivity index (χ0) is 15.6. The van der Waals surface area contributed by atoms with Gasteiger partial charge in [-0.2, -0.15) is 8.78 Å². The minimum Gasteiger partial charge on any atom is -0.481 e. The molecule has 0 bridgehead atoms. The summed E-state index contributed by atoms with van der Waals surface area (Å²) in [5.74, 6) is -2.49. The van der Waals surface area contributed by atoms with Gasteiger partial charge in [-0.05, 0) is 18.1 Å². The van der Waals surface area contributed by atoms with Gasteiger partial charge in [0, 0.05) is 13.1 Å². The minimum absolute atomic E-state index is 0.0102. The van der Waals surface area contributed by atoms with Gasteiger partial charge in [0.2, 0.25) is 0 Å². The number of amides is 1. The average Bonchev–Trinajstić information content (AvgIpc) is 2.80. The molecule has 21 heavy (non-hydrogen) atoms. The van der Waals surface area contributed by atoms with Gasteiger partial charge in [0.15, 0.2) is 0 Å². The summed E-state index contributed by atoms with van der Waals surface area (Å²) in [4.78, 5) is 24.8. The predicted molar refractivity (Wildman–Crippen MR) is 69.3 cm³/mol. The Balaban J connectivity index is 2.20. The highest BCUT2D eigenvalue weighted by atomic mass is 19.3. The number of benzene rings is 1. The van der Waals surface area contributed by atoms with Crippen LogP contribution in [0.1, 0.15) is 17.3 Å². The average molecular weight is 299 g/mol. The molecule has 2 atom stereocenters. The largest absolute Gasteiger partial charge is 0.481 e. The van der Waals surface area contributed by atoms with E-state index in [0.717, 1.165) is 0 Å². The Labute approximate surface area is 120 Å². The molecule has 1 saturated heterocycles. The zero-order valence-corrected chi connectivity index (χ0v) is 11.3. The van der Waals surface area contributed by atoms with Gasteiger partial charge >= 0.3 is 12.6 Å². The van der Waals surface area contributed by atoms with E-state index in [4.69, 9.17) is 5.11 Å². The molecule has 7 heteroatoms. The van der Waals surface area contributed by atoms with Crippen molar-refractivity contribution in [1.82, 2.24) is 4.90 Å². The number of hydrogen-bond acceptors (Lipinski definition) is 3. The monoisotopic (exact) mass is 299 g/mol.